The maximum atomic E-state index is 13.4. The van der Waals surface area contributed by atoms with Crippen LogP contribution < -0.4 is 10.6 Å². The largest absolute Gasteiger partial charge is 0.355 e. The number of halogens is 3. The van der Waals surface area contributed by atoms with Gasteiger partial charge in [-0.1, -0.05) is 41.4 Å². The third kappa shape index (κ3) is 5.51. The summed E-state index contributed by atoms with van der Waals surface area (Å²) in [5, 5.41) is 5.85. The number of hydrogen-bond donors (Lipinski definition) is 2. The zero-order valence-electron chi connectivity index (χ0n) is 12.6. The molecule has 0 unspecified atom stereocenters. The third-order valence-corrected chi connectivity index (χ3v) is 3.75. The zero-order chi connectivity index (χ0) is 17.5. The van der Waals surface area contributed by atoms with Crippen LogP contribution in [0, 0.1) is 5.82 Å². The molecule has 0 fully saturated rings. The molecular formula is C17H15Cl2FN2O2. The molecule has 2 N–H and O–H groups in total. The summed E-state index contributed by atoms with van der Waals surface area (Å²) >= 11 is 11.7. The van der Waals surface area contributed by atoms with Crippen LogP contribution in [0.15, 0.2) is 42.5 Å². The highest BCUT2D eigenvalue weighted by atomic mass is 35.5. The van der Waals surface area contributed by atoms with Gasteiger partial charge in [-0.15, -0.1) is 0 Å². The van der Waals surface area contributed by atoms with E-state index in [0.29, 0.717) is 22.7 Å². The molecule has 0 spiro atoms. The number of hydrogen-bond acceptors (Lipinski definition) is 2. The van der Waals surface area contributed by atoms with Crippen molar-refractivity contribution < 1.29 is 14.0 Å². The van der Waals surface area contributed by atoms with E-state index in [0.717, 1.165) is 0 Å². The highest BCUT2D eigenvalue weighted by molar-refractivity contribution is 6.36. The van der Waals surface area contributed by atoms with Gasteiger partial charge in [0.05, 0.1) is 10.7 Å². The van der Waals surface area contributed by atoms with E-state index in [1.807, 2.05) is 0 Å². The minimum absolute atomic E-state index is 0.245. The molecule has 0 aliphatic carbocycles. The molecule has 0 saturated carbocycles. The number of rotatable bonds is 6. The first kappa shape index (κ1) is 18.2. The van der Waals surface area contributed by atoms with E-state index in [1.165, 1.54) is 12.1 Å². The summed E-state index contributed by atoms with van der Waals surface area (Å²) in [5.74, 6) is -1.27. The first-order valence-corrected chi connectivity index (χ1v) is 7.96. The summed E-state index contributed by atoms with van der Waals surface area (Å²) in [6, 6.07) is 11.0. The van der Waals surface area contributed by atoms with Crippen LogP contribution in [0.1, 0.15) is 12.0 Å². The van der Waals surface area contributed by atoms with Gasteiger partial charge in [-0.2, -0.15) is 0 Å². The van der Waals surface area contributed by atoms with Crippen molar-refractivity contribution in [2.45, 2.75) is 12.8 Å². The van der Waals surface area contributed by atoms with Crippen molar-refractivity contribution >= 4 is 40.7 Å². The lowest BCUT2D eigenvalue weighted by Crippen LogP contribution is -2.29. The van der Waals surface area contributed by atoms with Gasteiger partial charge in [0.1, 0.15) is 12.2 Å². The Hall–Kier alpha value is -2.11. The topological polar surface area (TPSA) is 58.2 Å². The van der Waals surface area contributed by atoms with Crippen LogP contribution in [0.4, 0.5) is 10.1 Å². The quantitative estimate of drug-likeness (QED) is 0.761. The molecule has 4 nitrogen and oxygen atoms in total. The number of amides is 2. The van der Waals surface area contributed by atoms with E-state index in [1.54, 1.807) is 30.3 Å². The van der Waals surface area contributed by atoms with E-state index < -0.39 is 11.8 Å². The van der Waals surface area contributed by atoms with E-state index >= 15 is 0 Å². The molecule has 0 aliphatic heterocycles. The molecule has 2 rings (SSSR count). The van der Waals surface area contributed by atoms with Gasteiger partial charge < -0.3 is 10.6 Å². The van der Waals surface area contributed by atoms with E-state index in [4.69, 9.17) is 23.2 Å². The molecule has 0 bridgehead atoms. The third-order valence-electron chi connectivity index (χ3n) is 3.20. The highest BCUT2D eigenvalue weighted by Gasteiger charge is 2.11. The van der Waals surface area contributed by atoms with Gasteiger partial charge in [-0.05, 0) is 36.2 Å². The van der Waals surface area contributed by atoms with Gasteiger partial charge in [-0.3, -0.25) is 9.59 Å². The van der Waals surface area contributed by atoms with Crippen LogP contribution in [0.2, 0.25) is 10.0 Å². The normalized spacial score (nSPS) is 10.3. The monoisotopic (exact) mass is 368 g/mol. The van der Waals surface area contributed by atoms with Gasteiger partial charge in [0.15, 0.2) is 0 Å². The molecular weight excluding hydrogens is 354 g/mol. The lowest BCUT2D eigenvalue weighted by molar-refractivity contribution is -0.126. The van der Waals surface area contributed by atoms with Gasteiger partial charge in [-0.25, -0.2) is 4.39 Å². The number of benzene rings is 2. The summed E-state index contributed by atoms with van der Waals surface area (Å²) in [7, 11) is 0. The highest BCUT2D eigenvalue weighted by Crippen LogP contribution is 2.25. The molecule has 7 heteroatoms. The molecule has 0 aliphatic rings. The molecule has 0 radical (unpaired) electrons. The molecule has 2 amide bonds. The Morgan fingerprint density at radius 1 is 1.04 bits per heavy atom. The van der Waals surface area contributed by atoms with E-state index in [2.05, 4.69) is 10.6 Å². The molecule has 0 atom stereocenters. The van der Waals surface area contributed by atoms with E-state index in [-0.39, 0.29) is 23.8 Å². The molecule has 2 aromatic carbocycles. The molecule has 126 valence electrons. The summed E-state index contributed by atoms with van der Waals surface area (Å²) in [6.45, 7) is 0.245. The van der Waals surface area contributed by atoms with Crippen molar-refractivity contribution in [3.05, 3.63) is 63.9 Å². The Labute approximate surface area is 149 Å². The van der Waals surface area contributed by atoms with E-state index in [9.17, 15) is 14.0 Å². The van der Waals surface area contributed by atoms with Crippen molar-refractivity contribution in [1.82, 2.24) is 5.32 Å². The van der Waals surface area contributed by atoms with Gasteiger partial charge >= 0.3 is 0 Å². The number of anilines is 1. The van der Waals surface area contributed by atoms with Crippen molar-refractivity contribution in [1.29, 1.82) is 0 Å². The minimum atomic E-state index is -0.498. The summed E-state index contributed by atoms with van der Waals surface area (Å²) < 4.78 is 13.4. The Balaban J connectivity index is 1.77. The van der Waals surface area contributed by atoms with Crippen LogP contribution in [-0.2, 0) is 16.0 Å². The van der Waals surface area contributed by atoms with Crippen molar-refractivity contribution in [3.63, 3.8) is 0 Å². The molecule has 0 saturated heterocycles. The summed E-state index contributed by atoms with van der Waals surface area (Å²) in [4.78, 5) is 23.6. The van der Waals surface area contributed by atoms with Gasteiger partial charge in [0, 0.05) is 11.6 Å². The minimum Gasteiger partial charge on any atom is -0.355 e. The van der Waals surface area contributed by atoms with Crippen LogP contribution >= 0.6 is 23.2 Å². The number of nitrogens with one attached hydrogen (secondary N) is 2. The fourth-order valence-corrected chi connectivity index (χ4v) is 2.49. The maximum Gasteiger partial charge on any atom is 0.233 e. The predicted octanol–water partition coefficient (Wildman–Crippen LogP) is 3.82. The predicted molar refractivity (Wildman–Crippen MR) is 92.8 cm³/mol. The lowest BCUT2D eigenvalue weighted by Gasteiger charge is -2.08. The fourth-order valence-electron chi connectivity index (χ4n) is 2.03. The molecule has 0 aromatic heterocycles. The van der Waals surface area contributed by atoms with Crippen LogP contribution in [0.5, 0.6) is 0 Å². The maximum absolute atomic E-state index is 13.4. The number of carbonyl (C=O) groups excluding carboxylic acids is 2. The van der Waals surface area contributed by atoms with Gasteiger partial charge in [0.2, 0.25) is 11.8 Å². The fraction of sp³-hybridized carbons (Fsp3) is 0.176. The Morgan fingerprint density at radius 3 is 2.50 bits per heavy atom. The zero-order valence-corrected chi connectivity index (χ0v) is 14.1. The van der Waals surface area contributed by atoms with Crippen LogP contribution in [-0.4, -0.2) is 18.4 Å². The average Bonchev–Trinajstić information content (AvgIpc) is 2.52. The van der Waals surface area contributed by atoms with Crippen LogP contribution in [0.25, 0.3) is 0 Å². The first-order valence-electron chi connectivity index (χ1n) is 7.20. The van der Waals surface area contributed by atoms with Gasteiger partial charge in [0.25, 0.3) is 0 Å². The van der Waals surface area contributed by atoms with Crippen molar-refractivity contribution in [2.75, 3.05) is 11.9 Å². The molecule has 24 heavy (non-hydrogen) atoms. The first-order chi connectivity index (χ1) is 11.5. The number of carbonyl (C=O) groups is 2. The second kappa shape index (κ2) is 8.66. The van der Waals surface area contributed by atoms with Crippen LogP contribution in [0.3, 0.4) is 0 Å². The smallest absolute Gasteiger partial charge is 0.233 e. The SMILES string of the molecule is O=C(CC(=O)Nc1ccc(Cl)cc1Cl)NCCc1ccccc1F. The Morgan fingerprint density at radius 2 is 1.79 bits per heavy atom. The Bertz CT molecular complexity index is 753. The summed E-state index contributed by atoms with van der Waals surface area (Å²) in [6.07, 6.45) is -0.000722. The lowest BCUT2D eigenvalue weighted by atomic mass is 10.1. The summed E-state index contributed by atoms with van der Waals surface area (Å²) in [5.41, 5.74) is 0.889. The average molecular weight is 369 g/mol. The van der Waals surface area contributed by atoms with Crippen molar-refractivity contribution in [2.24, 2.45) is 0 Å². The molecule has 0 heterocycles. The second-order valence-electron chi connectivity index (χ2n) is 5.04. The standard InChI is InChI=1S/C17H15Cl2FN2O2/c18-12-5-6-15(13(19)9-12)22-17(24)10-16(23)21-8-7-11-3-1-2-4-14(11)20/h1-6,9H,7-8,10H2,(H,21,23)(H,22,24). The second-order valence-corrected chi connectivity index (χ2v) is 5.88. The van der Waals surface area contributed by atoms with Crippen molar-refractivity contribution in [3.8, 4) is 0 Å². The Kier molecular flexibility index (Phi) is 6.58. The molecule has 2 aromatic rings.